The normalized spacial score (nSPS) is 10.4. The number of carbonyl (C=O) groups is 1. The maximum Gasteiger partial charge on any atom is 0.119 e. The molecular weight excluding hydrogens is 204 g/mol. The molecule has 2 rings (SSSR count). The fourth-order valence-electron chi connectivity index (χ4n) is 1.74. The SMILES string of the molecule is COc1ccc2cc(C)c(C(=O)[O-])cc2c1. The number of ether oxygens (including phenoxy) is 1. The van der Waals surface area contributed by atoms with Crippen LogP contribution >= 0.6 is 0 Å². The second-order valence-electron chi connectivity index (χ2n) is 3.67. The molecule has 0 aliphatic rings. The zero-order valence-corrected chi connectivity index (χ0v) is 9.11. The van der Waals surface area contributed by atoms with Gasteiger partial charge in [0.1, 0.15) is 5.75 Å². The Balaban J connectivity index is 2.70. The Morgan fingerprint density at radius 1 is 1.19 bits per heavy atom. The lowest BCUT2D eigenvalue weighted by atomic mass is 10.0. The van der Waals surface area contributed by atoms with Crippen molar-refractivity contribution in [3.8, 4) is 5.75 Å². The molecule has 0 radical (unpaired) electrons. The van der Waals surface area contributed by atoms with Crippen LogP contribution in [0.25, 0.3) is 10.8 Å². The van der Waals surface area contributed by atoms with E-state index in [0.717, 1.165) is 10.8 Å². The van der Waals surface area contributed by atoms with Crippen LogP contribution in [0.4, 0.5) is 0 Å². The molecule has 0 spiro atoms. The summed E-state index contributed by atoms with van der Waals surface area (Å²) in [6.45, 7) is 1.76. The monoisotopic (exact) mass is 215 g/mol. The molecule has 0 unspecified atom stereocenters. The third-order valence-electron chi connectivity index (χ3n) is 2.61. The second kappa shape index (κ2) is 3.85. The number of methoxy groups -OCH3 is 1. The lowest BCUT2D eigenvalue weighted by Crippen LogP contribution is -2.23. The molecule has 16 heavy (non-hydrogen) atoms. The molecule has 3 heteroatoms. The first-order valence-corrected chi connectivity index (χ1v) is 4.91. The summed E-state index contributed by atoms with van der Waals surface area (Å²) in [5.41, 5.74) is 0.929. The van der Waals surface area contributed by atoms with Crippen molar-refractivity contribution in [2.75, 3.05) is 7.11 Å². The lowest BCUT2D eigenvalue weighted by Gasteiger charge is -2.09. The summed E-state index contributed by atoms with van der Waals surface area (Å²) in [7, 11) is 1.58. The van der Waals surface area contributed by atoms with Gasteiger partial charge in [0.2, 0.25) is 0 Å². The van der Waals surface area contributed by atoms with Crippen LogP contribution in [0, 0.1) is 6.92 Å². The summed E-state index contributed by atoms with van der Waals surface area (Å²) >= 11 is 0. The first-order chi connectivity index (χ1) is 7.61. The minimum atomic E-state index is -1.15. The Morgan fingerprint density at radius 2 is 1.94 bits per heavy atom. The molecule has 0 heterocycles. The van der Waals surface area contributed by atoms with Crippen LogP contribution in [0.5, 0.6) is 5.75 Å². The van der Waals surface area contributed by atoms with Crippen molar-refractivity contribution in [3.05, 3.63) is 41.5 Å². The van der Waals surface area contributed by atoms with Crippen molar-refractivity contribution in [1.82, 2.24) is 0 Å². The smallest absolute Gasteiger partial charge is 0.119 e. The zero-order chi connectivity index (χ0) is 11.7. The van der Waals surface area contributed by atoms with Gasteiger partial charge in [0.25, 0.3) is 0 Å². The van der Waals surface area contributed by atoms with Gasteiger partial charge in [-0.3, -0.25) is 0 Å². The minimum absolute atomic E-state index is 0.223. The topological polar surface area (TPSA) is 49.4 Å². The summed E-state index contributed by atoms with van der Waals surface area (Å²) in [5.74, 6) is -0.442. The van der Waals surface area contributed by atoms with Crippen LogP contribution in [0.3, 0.4) is 0 Å². The first-order valence-electron chi connectivity index (χ1n) is 4.91. The van der Waals surface area contributed by atoms with E-state index in [4.69, 9.17) is 4.74 Å². The summed E-state index contributed by atoms with van der Waals surface area (Å²) in [5, 5.41) is 12.7. The summed E-state index contributed by atoms with van der Waals surface area (Å²) in [6.07, 6.45) is 0. The standard InChI is InChI=1S/C13H12O3/c1-8-5-9-3-4-11(16-2)6-10(9)7-12(8)13(14)15/h3-7H,1-2H3,(H,14,15)/p-1. The largest absolute Gasteiger partial charge is 0.545 e. The summed E-state index contributed by atoms with van der Waals surface area (Å²) in [4.78, 5) is 10.9. The van der Waals surface area contributed by atoms with Crippen molar-refractivity contribution < 1.29 is 14.6 Å². The van der Waals surface area contributed by atoms with E-state index in [1.165, 1.54) is 0 Å². The Hall–Kier alpha value is -2.03. The van der Waals surface area contributed by atoms with Crippen molar-refractivity contribution in [1.29, 1.82) is 0 Å². The molecule has 3 nitrogen and oxygen atoms in total. The number of carboxylic acids is 1. The predicted octanol–water partition coefficient (Wildman–Crippen LogP) is 1.52. The maximum absolute atomic E-state index is 10.9. The van der Waals surface area contributed by atoms with Gasteiger partial charge < -0.3 is 14.6 Å². The van der Waals surface area contributed by atoms with Gasteiger partial charge >= 0.3 is 0 Å². The highest BCUT2D eigenvalue weighted by molar-refractivity contribution is 5.95. The molecule has 2 aromatic rings. The Labute approximate surface area is 93.3 Å². The first kappa shape index (κ1) is 10.5. The van der Waals surface area contributed by atoms with Gasteiger partial charge in [-0.25, -0.2) is 0 Å². The van der Waals surface area contributed by atoms with Gasteiger partial charge in [-0.1, -0.05) is 12.1 Å². The number of aryl methyl sites for hydroxylation is 1. The van der Waals surface area contributed by atoms with E-state index < -0.39 is 5.97 Å². The van der Waals surface area contributed by atoms with Gasteiger partial charge in [0.15, 0.2) is 0 Å². The van der Waals surface area contributed by atoms with Gasteiger partial charge in [-0.2, -0.15) is 0 Å². The minimum Gasteiger partial charge on any atom is -0.545 e. The molecule has 0 saturated heterocycles. The molecule has 82 valence electrons. The molecule has 0 fully saturated rings. The van der Waals surface area contributed by atoms with E-state index in [-0.39, 0.29) is 5.56 Å². The Morgan fingerprint density at radius 3 is 2.56 bits per heavy atom. The second-order valence-corrected chi connectivity index (χ2v) is 3.67. The van der Waals surface area contributed by atoms with E-state index in [1.807, 2.05) is 18.2 Å². The molecule has 0 aromatic heterocycles. The fraction of sp³-hybridized carbons (Fsp3) is 0.154. The maximum atomic E-state index is 10.9. The molecule has 0 N–H and O–H groups in total. The average molecular weight is 215 g/mol. The number of carbonyl (C=O) groups excluding carboxylic acids is 1. The van der Waals surface area contributed by atoms with E-state index in [0.29, 0.717) is 11.3 Å². The molecule has 0 aliphatic heterocycles. The van der Waals surface area contributed by atoms with Crippen LogP contribution in [-0.2, 0) is 0 Å². The van der Waals surface area contributed by atoms with Crippen molar-refractivity contribution in [2.24, 2.45) is 0 Å². The highest BCUT2D eigenvalue weighted by atomic mass is 16.5. The van der Waals surface area contributed by atoms with E-state index >= 15 is 0 Å². The molecule has 0 atom stereocenters. The third kappa shape index (κ3) is 1.72. The average Bonchev–Trinajstić information content (AvgIpc) is 2.27. The summed E-state index contributed by atoms with van der Waals surface area (Å²) in [6, 6.07) is 9.00. The van der Waals surface area contributed by atoms with E-state index in [2.05, 4.69) is 0 Å². The van der Waals surface area contributed by atoms with Crippen LogP contribution in [0.1, 0.15) is 15.9 Å². The van der Waals surface area contributed by atoms with Crippen LogP contribution in [0.2, 0.25) is 0 Å². The number of carboxylic acid groups (broad SMARTS) is 1. The quantitative estimate of drug-likeness (QED) is 0.763. The number of fused-ring (bicyclic) bond motifs is 1. The number of hydrogen-bond donors (Lipinski definition) is 0. The number of benzene rings is 2. The van der Waals surface area contributed by atoms with Crippen molar-refractivity contribution >= 4 is 16.7 Å². The Kier molecular flexibility index (Phi) is 2.52. The zero-order valence-electron chi connectivity index (χ0n) is 9.11. The van der Waals surface area contributed by atoms with Crippen LogP contribution in [0.15, 0.2) is 30.3 Å². The Bertz CT molecular complexity index is 558. The highest BCUT2D eigenvalue weighted by Gasteiger charge is 2.03. The lowest BCUT2D eigenvalue weighted by molar-refractivity contribution is -0.255. The third-order valence-corrected chi connectivity index (χ3v) is 2.61. The number of rotatable bonds is 2. The van der Waals surface area contributed by atoms with Crippen molar-refractivity contribution in [3.63, 3.8) is 0 Å². The summed E-state index contributed by atoms with van der Waals surface area (Å²) < 4.78 is 5.09. The molecule has 0 aliphatic carbocycles. The van der Waals surface area contributed by atoms with Crippen LogP contribution < -0.4 is 9.84 Å². The highest BCUT2D eigenvalue weighted by Crippen LogP contribution is 2.23. The molecule has 0 amide bonds. The van der Waals surface area contributed by atoms with E-state index in [1.54, 1.807) is 26.2 Å². The predicted molar refractivity (Wildman–Crippen MR) is 59.6 cm³/mol. The molecule has 0 saturated carbocycles. The van der Waals surface area contributed by atoms with E-state index in [9.17, 15) is 9.90 Å². The van der Waals surface area contributed by atoms with Gasteiger partial charge in [0.05, 0.1) is 13.1 Å². The van der Waals surface area contributed by atoms with Crippen LogP contribution in [-0.4, -0.2) is 13.1 Å². The molecule has 0 bridgehead atoms. The van der Waals surface area contributed by atoms with Gasteiger partial charge in [-0.05, 0) is 41.5 Å². The molecule has 2 aromatic carbocycles. The number of aromatic carboxylic acids is 1. The number of hydrogen-bond acceptors (Lipinski definition) is 3. The van der Waals surface area contributed by atoms with Gasteiger partial charge in [-0.15, -0.1) is 0 Å². The fourth-order valence-corrected chi connectivity index (χ4v) is 1.74. The van der Waals surface area contributed by atoms with Crippen molar-refractivity contribution in [2.45, 2.75) is 6.92 Å². The van der Waals surface area contributed by atoms with Gasteiger partial charge in [0, 0.05) is 5.56 Å². The molecular formula is C13H11O3-.